The van der Waals surface area contributed by atoms with Gasteiger partial charge >= 0.3 is 11.9 Å². The summed E-state index contributed by atoms with van der Waals surface area (Å²) in [5.74, 6) is -6.48. The number of carboxylic acid groups (broad SMARTS) is 2. The van der Waals surface area contributed by atoms with Crippen LogP contribution in [0.1, 0.15) is 13.3 Å². The predicted octanol–water partition coefficient (Wildman–Crippen LogP) is -5.31. The van der Waals surface area contributed by atoms with Gasteiger partial charge in [-0.15, -0.1) is 0 Å². The fourth-order valence-electron chi connectivity index (χ4n) is 1.80. The largest absolute Gasteiger partial charge is 0.481 e. The number of carbonyl (C=O) groups is 5. The molecule has 0 aliphatic carbocycles. The van der Waals surface area contributed by atoms with Gasteiger partial charge in [-0.05, 0) is 6.92 Å². The lowest BCUT2D eigenvalue weighted by Crippen LogP contribution is -2.59. The molecule has 0 heterocycles. The third-order valence-electron chi connectivity index (χ3n) is 3.45. The Hall–Kier alpha value is -2.81. The number of amides is 3. The zero-order chi connectivity index (χ0) is 22.0. The average molecular weight is 408 g/mol. The van der Waals surface area contributed by atoms with Crippen LogP contribution in [-0.2, 0) is 24.0 Å². The van der Waals surface area contributed by atoms with E-state index in [2.05, 4.69) is 0 Å². The molecule has 160 valence electrons. The maximum Gasteiger partial charge on any atom is 0.328 e. The summed E-state index contributed by atoms with van der Waals surface area (Å²) in [4.78, 5) is 57.7. The fourth-order valence-corrected chi connectivity index (χ4v) is 1.80. The summed E-state index contributed by atoms with van der Waals surface area (Å²) >= 11 is 0. The van der Waals surface area contributed by atoms with Crippen LogP contribution in [0.25, 0.3) is 0 Å². The van der Waals surface area contributed by atoms with Gasteiger partial charge in [0.2, 0.25) is 17.7 Å². The van der Waals surface area contributed by atoms with E-state index in [4.69, 9.17) is 21.1 Å². The van der Waals surface area contributed by atoms with E-state index in [1.54, 1.807) is 0 Å². The van der Waals surface area contributed by atoms with E-state index in [9.17, 15) is 34.2 Å². The molecule has 3 amide bonds. The van der Waals surface area contributed by atoms with Crippen LogP contribution in [0.4, 0.5) is 0 Å². The highest BCUT2D eigenvalue weighted by Crippen LogP contribution is 1.98. The van der Waals surface area contributed by atoms with Gasteiger partial charge in [0.15, 0.2) is 0 Å². The van der Waals surface area contributed by atoms with E-state index >= 15 is 0 Å². The topological polar surface area (TPSA) is 249 Å². The first kappa shape index (κ1) is 25.2. The number of carbonyl (C=O) groups excluding carboxylic acids is 3. The molecule has 0 fully saturated rings. The van der Waals surface area contributed by atoms with Gasteiger partial charge in [0.1, 0.15) is 24.2 Å². The highest BCUT2D eigenvalue weighted by Gasteiger charge is 2.31. The number of hydrogen-bond donors (Lipinski definition) is 9. The highest BCUT2D eigenvalue weighted by molar-refractivity contribution is 5.95. The first-order valence-corrected chi connectivity index (χ1v) is 7.95. The van der Waals surface area contributed by atoms with Crippen LogP contribution in [0, 0.1) is 0 Å². The number of nitrogens with one attached hydrogen (secondary N) is 3. The Morgan fingerprint density at radius 3 is 1.64 bits per heavy atom. The molecule has 0 aliphatic rings. The van der Waals surface area contributed by atoms with E-state index in [1.165, 1.54) is 6.92 Å². The minimum Gasteiger partial charge on any atom is -0.481 e. The molecule has 0 bridgehead atoms. The maximum absolute atomic E-state index is 12.2. The van der Waals surface area contributed by atoms with Crippen molar-refractivity contribution in [1.82, 2.24) is 16.0 Å². The Morgan fingerprint density at radius 1 is 0.821 bits per heavy atom. The second-order valence-corrected chi connectivity index (χ2v) is 5.75. The van der Waals surface area contributed by atoms with Crippen LogP contribution in [0.15, 0.2) is 0 Å². The lowest BCUT2D eigenvalue weighted by molar-refractivity contribution is -0.144. The van der Waals surface area contributed by atoms with Gasteiger partial charge in [-0.2, -0.15) is 0 Å². The number of aliphatic carboxylic acids is 2. The van der Waals surface area contributed by atoms with Gasteiger partial charge < -0.3 is 47.2 Å². The summed E-state index contributed by atoms with van der Waals surface area (Å²) < 4.78 is 0. The standard InChI is InChI=1S/C14H24N4O10/c1-5(21)10(15)13(26)17-7(3-19)12(25)16-6(2-9(22)23)11(24)18-8(4-20)14(27)28/h5-8,10,19-21H,2-4,15H2,1H3,(H,16,25)(H,17,26)(H,18,24)(H,22,23)(H,27,28). The molecule has 0 aromatic heterocycles. The lowest BCUT2D eigenvalue weighted by atomic mass is 10.1. The molecule has 0 aromatic carbocycles. The number of aliphatic hydroxyl groups is 3. The molecular formula is C14H24N4O10. The predicted molar refractivity (Wildman–Crippen MR) is 89.5 cm³/mol. The summed E-state index contributed by atoms with van der Waals surface area (Å²) in [6.07, 6.45) is -2.21. The minimum atomic E-state index is -1.77. The summed E-state index contributed by atoms with van der Waals surface area (Å²) in [6, 6.07) is -6.55. The lowest BCUT2D eigenvalue weighted by Gasteiger charge is -2.23. The van der Waals surface area contributed by atoms with Gasteiger partial charge in [-0.25, -0.2) is 4.79 Å². The van der Waals surface area contributed by atoms with Crippen molar-refractivity contribution in [2.45, 2.75) is 43.6 Å². The van der Waals surface area contributed by atoms with Crippen LogP contribution in [-0.4, -0.2) is 98.7 Å². The molecule has 0 radical (unpaired) electrons. The fraction of sp³-hybridized carbons (Fsp3) is 0.643. The first-order valence-electron chi connectivity index (χ1n) is 7.95. The van der Waals surface area contributed by atoms with E-state index in [-0.39, 0.29) is 0 Å². The Bertz CT molecular complexity index is 597. The maximum atomic E-state index is 12.2. The quantitative estimate of drug-likeness (QED) is 0.147. The first-order chi connectivity index (χ1) is 12.9. The van der Waals surface area contributed by atoms with Crippen molar-refractivity contribution in [2.75, 3.05) is 13.2 Å². The Balaban J connectivity index is 5.21. The van der Waals surface area contributed by atoms with Crippen LogP contribution in [0.3, 0.4) is 0 Å². The summed E-state index contributed by atoms with van der Waals surface area (Å²) in [6.45, 7) is -0.715. The van der Waals surface area contributed by atoms with Crippen molar-refractivity contribution in [3.8, 4) is 0 Å². The second kappa shape index (κ2) is 11.8. The number of aliphatic hydroxyl groups excluding tert-OH is 3. The molecule has 0 aromatic rings. The van der Waals surface area contributed by atoms with E-state index in [0.29, 0.717) is 0 Å². The minimum absolute atomic E-state index is 0.945. The molecule has 5 unspecified atom stereocenters. The number of nitrogens with two attached hydrogens (primary N) is 1. The van der Waals surface area contributed by atoms with Crippen molar-refractivity contribution >= 4 is 29.7 Å². The molecule has 10 N–H and O–H groups in total. The van der Waals surface area contributed by atoms with Gasteiger partial charge in [0.25, 0.3) is 0 Å². The van der Waals surface area contributed by atoms with Crippen LogP contribution in [0.2, 0.25) is 0 Å². The molecule has 0 aliphatic heterocycles. The van der Waals surface area contributed by atoms with Crippen molar-refractivity contribution in [3.63, 3.8) is 0 Å². The molecule has 14 heteroatoms. The number of carboxylic acids is 2. The summed E-state index contributed by atoms with van der Waals surface area (Å²) in [5.41, 5.74) is 5.38. The van der Waals surface area contributed by atoms with Crippen LogP contribution >= 0.6 is 0 Å². The molecule has 0 saturated heterocycles. The molecule has 0 saturated carbocycles. The second-order valence-electron chi connectivity index (χ2n) is 5.75. The highest BCUT2D eigenvalue weighted by atomic mass is 16.4. The molecular weight excluding hydrogens is 384 g/mol. The van der Waals surface area contributed by atoms with Crippen molar-refractivity contribution < 1.29 is 49.5 Å². The Morgan fingerprint density at radius 2 is 1.25 bits per heavy atom. The molecule has 5 atom stereocenters. The van der Waals surface area contributed by atoms with Crippen LogP contribution < -0.4 is 21.7 Å². The monoisotopic (exact) mass is 408 g/mol. The SMILES string of the molecule is CC(O)C(N)C(=O)NC(CO)C(=O)NC(CC(=O)O)C(=O)NC(CO)C(=O)O. The molecule has 0 rings (SSSR count). The summed E-state index contributed by atoms with van der Waals surface area (Å²) in [5, 5.41) is 50.9. The van der Waals surface area contributed by atoms with Crippen molar-refractivity contribution in [1.29, 1.82) is 0 Å². The van der Waals surface area contributed by atoms with Gasteiger partial charge in [-0.3, -0.25) is 19.2 Å². The van der Waals surface area contributed by atoms with Gasteiger partial charge in [-0.1, -0.05) is 0 Å². The smallest absolute Gasteiger partial charge is 0.328 e. The Labute approximate surface area is 158 Å². The van der Waals surface area contributed by atoms with Crippen LogP contribution in [0.5, 0.6) is 0 Å². The number of hydrogen-bond acceptors (Lipinski definition) is 9. The number of rotatable bonds is 12. The van der Waals surface area contributed by atoms with Gasteiger partial charge in [0.05, 0.1) is 25.7 Å². The zero-order valence-corrected chi connectivity index (χ0v) is 14.9. The average Bonchev–Trinajstić information content (AvgIpc) is 2.61. The van der Waals surface area contributed by atoms with Gasteiger partial charge in [0, 0.05) is 0 Å². The third-order valence-corrected chi connectivity index (χ3v) is 3.45. The van der Waals surface area contributed by atoms with Crippen molar-refractivity contribution in [2.24, 2.45) is 5.73 Å². The third kappa shape index (κ3) is 8.26. The molecule has 14 nitrogen and oxygen atoms in total. The van der Waals surface area contributed by atoms with E-state index in [0.717, 1.165) is 0 Å². The molecule has 28 heavy (non-hydrogen) atoms. The Kier molecular flexibility index (Phi) is 10.6. The van der Waals surface area contributed by atoms with E-state index < -0.39 is 79.6 Å². The zero-order valence-electron chi connectivity index (χ0n) is 14.9. The normalized spacial score (nSPS) is 16.0. The summed E-state index contributed by atoms with van der Waals surface area (Å²) in [7, 11) is 0. The van der Waals surface area contributed by atoms with Crippen molar-refractivity contribution in [3.05, 3.63) is 0 Å². The molecule has 0 spiro atoms. The van der Waals surface area contributed by atoms with E-state index in [1.807, 2.05) is 16.0 Å².